The molecule has 1 unspecified atom stereocenters. The molecule has 18 heavy (non-hydrogen) atoms. The zero-order valence-electron chi connectivity index (χ0n) is 10.0. The fourth-order valence-electron chi connectivity index (χ4n) is 1.89. The number of rotatable bonds is 4. The number of hydrogen-bond donors (Lipinski definition) is 1. The fourth-order valence-corrected chi connectivity index (χ4v) is 2.13. The minimum absolute atomic E-state index is 0.135. The van der Waals surface area contributed by atoms with E-state index in [2.05, 4.69) is 10.3 Å². The summed E-state index contributed by atoms with van der Waals surface area (Å²) in [6.45, 7) is 0. The smallest absolute Gasteiger partial charge is 0.124 e. The summed E-state index contributed by atoms with van der Waals surface area (Å²) in [5.41, 5.74) is 2.06. The van der Waals surface area contributed by atoms with Crippen LogP contribution in [-0.2, 0) is 6.42 Å². The number of nitrogens with zero attached hydrogens (tertiary/aromatic N) is 1. The molecule has 0 saturated heterocycles. The zero-order chi connectivity index (χ0) is 13.0. The second-order valence-corrected chi connectivity index (χ2v) is 4.47. The van der Waals surface area contributed by atoms with Crippen LogP contribution in [0.2, 0.25) is 5.02 Å². The van der Waals surface area contributed by atoms with E-state index in [1.807, 2.05) is 19.2 Å². The van der Waals surface area contributed by atoms with Crippen LogP contribution in [0.5, 0.6) is 0 Å². The molecule has 0 aliphatic heterocycles. The molecule has 2 rings (SSSR count). The van der Waals surface area contributed by atoms with Crippen molar-refractivity contribution in [1.82, 2.24) is 10.3 Å². The lowest BCUT2D eigenvalue weighted by Gasteiger charge is -2.17. The Morgan fingerprint density at radius 2 is 2.00 bits per heavy atom. The number of aromatic nitrogens is 1. The van der Waals surface area contributed by atoms with Crippen LogP contribution in [0.15, 0.2) is 42.7 Å². The van der Waals surface area contributed by atoms with Crippen LogP contribution in [0.3, 0.4) is 0 Å². The third-order valence-electron chi connectivity index (χ3n) is 2.90. The van der Waals surface area contributed by atoms with Crippen LogP contribution in [-0.4, -0.2) is 12.0 Å². The first-order chi connectivity index (χ1) is 8.70. The van der Waals surface area contributed by atoms with Crippen molar-refractivity contribution in [1.29, 1.82) is 0 Å². The predicted octanol–water partition coefficient (Wildman–Crippen LogP) is 3.38. The molecule has 4 heteroatoms. The molecule has 0 fully saturated rings. The maximum atomic E-state index is 13.0. The van der Waals surface area contributed by atoms with E-state index in [4.69, 9.17) is 11.6 Å². The van der Waals surface area contributed by atoms with E-state index in [1.165, 1.54) is 12.1 Å². The van der Waals surface area contributed by atoms with Crippen molar-refractivity contribution in [2.24, 2.45) is 0 Å². The summed E-state index contributed by atoms with van der Waals surface area (Å²) >= 11 is 6.04. The summed E-state index contributed by atoms with van der Waals surface area (Å²) in [5.74, 6) is -0.311. The van der Waals surface area contributed by atoms with Crippen LogP contribution < -0.4 is 5.32 Å². The monoisotopic (exact) mass is 264 g/mol. The third-order valence-corrected chi connectivity index (χ3v) is 3.25. The van der Waals surface area contributed by atoms with Crippen LogP contribution in [0.25, 0.3) is 0 Å². The van der Waals surface area contributed by atoms with Gasteiger partial charge in [-0.05, 0) is 48.9 Å². The van der Waals surface area contributed by atoms with E-state index in [-0.39, 0.29) is 11.9 Å². The quantitative estimate of drug-likeness (QED) is 0.916. The lowest BCUT2D eigenvalue weighted by molar-refractivity contribution is 0.588. The normalized spacial score (nSPS) is 12.4. The van der Waals surface area contributed by atoms with E-state index in [9.17, 15) is 4.39 Å². The Morgan fingerprint density at radius 3 is 2.61 bits per heavy atom. The topological polar surface area (TPSA) is 24.9 Å². The average molecular weight is 265 g/mol. The van der Waals surface area contributed by atoms with Gasteiger partial charge < -0.3 is 5.32 Å². The highest BCUT2D eigenvalue weighted by atomic mass is 35.5. The number of likely N-dealkylation sites (N-methyl/N-ethyl adjacent to an activating group) is 1. The van der Waals surface area contributed by atoms with Crippen LogP contribution in [0, 0.1) is 5.82 Å². The van der Waals surface area contributed by atoms with Gasteiger partial charge in [0.2, 0.25) is 0 Å². The standard InChI is InChI=1S/C14H14ClFN2/c1-17-14(10-4-6-18-7-5-10)8-11-2-3-12(16)9-13(11)15/h2-7,9,14,17H,8H2,1H3. The molecule has 0 radical (unpaired) electrons. The highest BCUT2D eigenvalue weighted by Crippen LogP contribution is 2.23. The van der Waals surface area contributed by atoms with Gasteiger partial charge in [0, 0.05) is 23.5 Å². The first-order valence-corrected chi connectivity index (χ1v) is 6.09. The second kappa shape index (κ2) is 5.94. The van der Waals surface area contributed by atoms with Gasteiger partial charge in [-0.1, -0.05) is 17.7 Å². The molecule has 1 aromatic heterocycles. The van der Waals surface area contributed by atoms with Crippen molar-refractivity contribution in [3.63, 3.8) is 0 Å². The predicted molar refractivity (Wildman–Crippen MR) is 71.2 cm³/mol. The third kappa shape index (κ3) is 3.06. The Bertz CT molecular complexity index is 516. The molecule has 0 amide bonds. The molecular formula is C14H14ClFN2. The van der Waals surface area contributed by atoms with E-state index >= 15 is 0 Å². The van der Waals surface area contributed by atoms with Crippen molar-refractivity contribution >= 4 is 11.6 Å². The van der Waals surface area contributed by atoms with Gasteiger partial charge >= 0.3 is 0 Å². The maximum Gasteiger partial charge on any atom is 0.124 e. The number of nitrogens with one attached hydrogen (secondary N) is 1. The summed E-state index contributed by atoms with van der Waals surface area (Å²) in [6, 6.07) is 8.55. The van der Waals surface area contributed by atoms with Crippen LogP contribution >= 0.6 is 11.6 Å². The Morgan fingerprint density at radius 1 is 1.28 bits per heavy atom. The minimum atomic E-state index is -0.311. The molecule has 2 nitrogen and oxygen atoms in total. The van der Waals surface area contributed by atoms with E-state index in [1.54, 1.807) is 18.5 Å². The molecule has 0 spiro atoms. The van der Waals surface area contributed by atoms with Crippen molar-refractivity contribution < 1.29 is 4.39 Å². The van der Waals surface area contributed by atoms with Crippen LogP contribution in [0.1, 0.15) is 17.2 Å². The van der Waals surface area contributed by atoms with Crippen molar-refractivity contribution in [2.75, 3.05) is 7.05 Å². The molecule has 2 aromatic rings. The van der Waals surface area contributed by atoms with Gasteiger partial charge in [-0.2, -0.15) is 0 Å². The summed E-state index contributed by atoms with van der Waals surface area (Å²) in [5, 5.41) is 3.69. The van der Waals surface area contributed by atoms with Gasteiger partial charge in [0.25, 0.3) is 0 Å². The molecule has 0 saturated carbocycles. The van der Waals surface area contributed by atoms with Gasteiger partial charge in [0.15, 0.2) is 0 Å². The Hall–Kier alpha value is -1.45. The molecular weight excluding hydrogens is 251 g/mol. The first kappa shape index (κ1) is 13.0. The van der Waals surface area contributed by atoms with E-state index in [0.717, 1.165) is 11.1 Å². The fraction of sp³-hybridized carbons (Fsp3) is 0.214. The Balaban J connectivity index is 2.21. The number of halogens is 2. The van der Waals surface area contributed by atoms with E-state index in [0.29, 0.717) is 11.4 Å². The molecule has 94 valence electrons. The molecule has 1 heterocycles. The molecule has 1 N–H and O–H groups in total. The minimum Gasteiger partial charge on any atom is -0.313 e. The molecule has 1 aromatic carbocycles. The molecule has 1 atom stereocenters. The van der Waals surface area contributed by atoms with Gasteiger partial charge in [-0.25, -0.2) is 4.39 Å². The Labute approximate surface area is 111 Å². The Kier molecular flexibility index (Phi) is 4.28. The van der Waals surface area contributed by atoms with Crippen molar-refractivity contribution in [3.05, 3.63) is 64.7 Å². The highest BCUT2D eigenvalue weighted by molar-refractivity contribution is 6.31. The van der Waals surface area contributed by atoms with Crippen molar-refractivity contribution in [3.8, 4) is 0 Å². The highest BCUT2D eigenvalue weighted by Gasteiger charge is 2.12. The summed E-state index contributed by atoms with van der Waals surface area (Å²) in [6.07, 6.45) is 4.22. The van der Waals surface area contributed by atoms with Gasteiger partial charge in [-0.3, -0.25) is 4.98 Å². The van der Waals surface area contributed by atoms with Gasteiger partial charge in [0.1, 0.15) is 5.82 Å². The average Bonchev–Trinajstić information content (AvgIpc) is 2.39. The molecule has 0 aliphatic carbocycles. The zero-order valence-corrected chi connectivity index (χ0v) is 10.8. The van der Waals surface area contributed by atoms with Crippen LogP contribution in [0.4, 0.5) is 4.39 Å². The van der Waals surface area contributed by atoms with Gasteiger partial charge in [-0.15, -0.1) is 0 Å². The number of hydrogen-bond acceptors (Lipinski definition) is 2. The lowest BCUT2D eigenvalue weighted by atomic mass is 10.00. The first-order valence-electron chi connectivity index (χ1n) is 5.72. The molecule has 0 aliphatic rings. The summed E-state index contributed by atoms with van der Waals surface area (Å²) < 4.78 is 13.0. The number of benzene rings is 1. The second-order valence-electron chi connectivity index (χ2n) is 4.06. The summed E-state index contributed by atoms with van der Waals surface area (Å²) in [7, 11) is 1.89. The number of pyridine rings is 1. The van der Waals surface area contributed by atoms with Gasteiger partial charge in [0.05, 0.1) is 0 Å². The largest absolute Gasteiger partial charge is 0.313 e. The SMILES string of the molecule is CNC(Cc1ccc(F)cc1Cl)c1ccncc1. The van der Waals surface area contributed by atoms with Crippen molar-refractivity contribution in [2.45, 2.75) is 12.5 Å². The lowest BCUT2D eigenvalue weighted by Crippen LogP contribution is -2.19. The van der Waals surface area contributed by atoms with E-state index < -0.39 is 0 Å². The maximum absolute atomic E-state index is 13.0. The summed E-state index contributed by atoms with van der Waals surface area (Å²) in [4.78, 5) is 3.99. The molecule has 0 bridgehead atoms.